The van der Waals surface area contributed by atoms with Crippen LogP contribution in [0.2, 0.25) is 0 Å². The monoisotopic (exact) mass is 206 g/mol. The standard InChI is InChI=1S/C8H18O2.C2H4O2/c1-6(2)7(10)8(3,4)5-9;1-2(3)4/h6-7,9-10H,5H2,1-4H3;1H3,(H,3,4). The molecule has 0 bridgehead atoms. The summed E-state index contributed by atoms with van der Waals surface area (Å²) in [7, 11) is 0. The lowest BCUT2D eigenvalue weighted by Gasteiger charge is -2.30. The molecular weight excluding hydrogens is 184 g/mol. The Hall–Kier alpha value is -0.610. The average Bonchev–Trinajstić information content (AvgIpc) is 2.02. The van der Waals surface area contributed by atoms with Crippen LogP contribution in [0.1, 0.15) is 34.6 Å². The molecule has 0 aromatic heterocycles. The molecule has 0 aromatic carbocycles. The molecule has 4 nitrogen and oxygen atoms in total. The molecule has 0 rings (SSSR count). The molecule has 0 saturated heterocycles. The third kappa shape index (κ3) is 8.01. The van der Waals surface area contributed by atoms with Crippen LogP contribution in [0.15, 0.2) is 0 Å². The third-order valence-electron chi connectivity index (χ3n) is 1.84. The van der Waals surface area contributed by atoms with Crippen molar-refractivity contribution >= 4 is 5.97 Å². The molecular formula is C10H22O4. The zero-order valence-corrected chi connectivity index (χ0v) is 9.61. The Morgan fingerprint density at radius 1 is 1.36 bits per heavy atom. The van der Waals surface area contributed by atoms with Crippen molar-refractivity contribution in [3.63, 3.8) is 0 Å². The lowest BCUT2D eigenvalue weighted by molar-refractivity contribution is -0.134. The maximum absolute atomic E-state index is 9.49. The predicted octanol–water partition coefficient (Wildman–Crippen LogP) is 1.11. The minimum atomic E-state index is -0.833. The van der Waals surface area contributed by atoms with E-state index in [0.717, 1.165) is 6.92 Å². The highest BCUT2D eigenvalue weighted by Gasteiger charge is 2.28. The lowest BCUT2D eigenvalue weighted by Crippen LogP contribution is -2.36. The number of aliphatic hydroxyl groups is 2. The fourth-order valence-corrected chi connectivity index (χ4v) is 0.996. The highest BCUT2D eigenvalue weighted by Crippen LogP contribution is 2.24. The number of rotatable bonds is 3. The maximum atomic E-state index is 9.49. The van der Waals surface area contributed by atoms with Crippen molar-refractivity contribution in [3.05, 3.63) is 0 Å². The van der Waals surface area contributed by atoms with Crippen LogP contribution in [0.3, 0.4) is 0 Å². The summed E-state index contributed by atoms with van der Waals surface area (Å²) in [6.07, 6.45) is -0.419. The SMILES string of the molecule is CC(=O)O.CC(C)C(O)C(C)(C)CO. The molecule has 86 valence electrons. The van der Waals surface area contributed by atoms with Crippen LogP contribution >= 0.6 is 0 Å². The first-order chi connectivity index (χ1) is 6.15. The summed E-state index contributed by atoms with van der Waals surface area (Å²) in [6, 6.07) is 0. The van der Waals surface area contributed by atoms with Crippen LogP contribution < -0.4 is 0 Å². The fraction of sp³-hybridized carbons (Fsp3) is 0.900. The normalized spacial score (nSPS) is 13.1. The zero-order chi connectivity index (χ0) is 11.9. The minimum Gasteiger partial charge on any atom is -0.481 e. The molecule has 0 saturated carbocycles. The molecule has 1 atom stereocenters. The molecule has 3 N–H and O–H groups in total. The molecule has 0 aliphatic heterocycles. The number of aliphatic hydroxyl groups excluding tert-OH is 2. The Labute approximate surface area is 85.6 Å². The van der Waals surface area contributed by atoms with Gasteiger partial charge in [-0.05, 0) is 5.92 Å². The van der Waals surface area contributed by atoms with E-state index in [1.54, 1.807) is 0 Å². The first kappa shape index (κ1) is 15.8. The molecule has 0 aliphatic carbocycles. The molecule has 4 heteroatoms. The first-order valence-corrected chi connectivity index (χ1v) is 4.63. The van der Waals surface area contributed by atoms with Gasteiger partial charge in [0.25, 0.3) is 5.97 Å². The van der Waals surface area contributed by atoms with E-state index in [4.69, 9.17) is 15.0 Å². The van der Waals surface area contributed by atoms with E-state index in [1.807, 2.05) is 27.7 Å². The van der Waals surface area contributed by atoms with Crippen LogP contribution in [0.4, 0.5) is 0 Å². The van der Waals surface area contributed by atoms with Crippen LogP contribution in [0.5, 0.6) is 0 Å². The van der Waals surface area contributed by atoms with E-state index in [2.05, 4.69) is 0 Å². The van der Waals surface area contributed by atoms with Gasteiger partial charge in [-0.15, -0.1) is 0 Å². The van der Waals surface area contributed by atoms with Crippen molar-refractivity contribution in [2.45, 2.75) is 40.7 Å². The van der Waals surface area contributed by atoms with Gasteiger partial charge in [-0.3, -0.25) is 4.79 Å². The van der Waals surface area contributed by atoms with Gasteiger partial charge in [0.1, 0.15) is 0 Å². The maximum Gasteiger partial charge on any atom is 0.300 e. The van der Waals surface area contributed by atoms with Crippen molar-refractivity contribution in [3.8, 4) is 0 Å². The zero-order valence-electron chi connectivity index (χ0n) is 9.61. The topological polar surface area (TPSA) is 77.8 Å². The number of carbonyl (C=O) groups is 1. The predicted molar refractivity (Wildman–Crippen MR) is 55.0 cm³/mol. The summed E-state index contributed by atoms with van der Waals surface area (Å²) >= 11 is 0. The minimum absolute atomic E-state index is 0.0341. The van der Waals surface area contributed by atoms with E-state index < -0.39 is 12.1 Å². The number of hydrogen-bond acceptors (Lipinski definition) is 3. The summed E-state index contributed by atoms with van der Waals surface area (Å²) in [4.78, 5) is 9.00. The molecule has 0 amide bonds. The van der Waals surface area contributed by atoms with Gasteiger partial charge in [0.2, 0.25) is 0 Å². The molecule has 0 aromatic rings. The van der Waals surface area contributed by atoms with E-state index in [9.17, 15) is 5.11 Å². The number of carboxylic acids is 1. The van der Waals surface area contributed by atoms with Crippen molar-refractivity contribution in [2.75, 3.05) is 6.61 Å². The Balaban J connectivity index is 0. The van der Waals surface area contributed by atoms with Crippen molar-refractivity contribution in [1.29, 1.82) is 0 Å². The highest BCUT2D eigenvalue weighted by molar-refractivity contribution is 5.62. The molecule has 0 heterocycles. The quantitative estimate of drug-likeness (QED) is 0.646. The van der Waals surface area contributed by atoms with Crippen molar-refractivity contribution in [1.82, 2.24) is 0 Å². The van der Waals surface area contributed by atoms with Gasteiger partial charge in [-0.1, -0.05) is 27.7 Å². The molecule has 14 heavy (non-hydrogen) atoms. The number of carboxylic acid groups (broad SMARTS) is 1. The van der Waals surface area contributed by atoms with Crippen molar-refractivity contribution < 1.29 is 20.1 Å². The second kappa shape index (κ2) is 6.79. The second-order valence-corrected chi connectivity index (χ2v) is 4.35. The summed E-state index contributed by atoms with van der Waals surface area (Å²) in [5.41, 5.74) is -0.367. The molecule has 0 spiro atoms. The summed E-state index contributed by atoms with van der Waals surface area (Å²) in [6.45, 7) is 8.73. The summed E-state index contributed by atoms with van der Waals surface area (Å²) < 4.78 is 0. The average molecular weight is 206 g/mol. The van der Waals surface area contributed by atoms with E-state index in [1.165, 1.54) is 0 Å². The highest BCUT2D eigenvalue weighted by atomic mass is 16.4. The van der Waals surface area contributed by atoms with Gasteiger partial charge in [0, 0.05) is 12.3 Å². The van der Waals surface area contributed by atoms with Gasteiger partial charge in [-0.2, -0.15) is 0 Å². The van der Waals surface area contributed by atoms with E-state index in [0.29, 0.717) is 0 Å². The summed E-state index contributed by atoms with van der Waals surface area (Å²) in [5.74, 6) is -0.623. The molecule has 0 aliphatic rings. The van der Waals surface area contributed by atoms with Gasteiger partial charge in [0.05, 0.1) is 12.7 Å². The van der Waals surface area contributed by atoms with Crippen LogP contribution in [-0.2, 0) is 4.79 Å². The van der Waals surface area contributed by atoms with Gasteiger partial charge in [0.15, 0.2) is 0 Å². The Morgan fingerprint density at radius 2 is 1.64 bits per heavy atom. The summed E-state index contributed by atoms with van der Waals surface area (Å²) in [5, 5.41) is 25.8. The van der Waals surface area contributed by atoms with Crippen molar-refractivity contribution in [2.24, 2.45) is 11.3 Å². The Bertz CT molecular complexity index is 160. The Morgan fingerprint density at radius 3 is 1.71 bits per heavy atom. The van der Waals surface area contributed by atoms with Crippen LogP contribution in [0.25, 0.3) is 0 Å². The van der Waals surface area contributed by atoms with Crippen LogP contribution in [0, 0.1) is 11.3 Å². The molecule has 0 radical (unpaired) electrons. The van der Waals surface area contributed by atoms with Crippen LogP contribution in [-0.4, -0.2) is 34.0 Å². The Kier molecular flexibility index (Phi) is 7.68. The van der Waals surface area contributed by atoms with E-state index >= 15 is 0 Å². The van der Waals surface area contributed by atoms with Gasteiger partial charge >= 0.3 is 0 Å². The lowest BCUT2D eigenvalue weighted by atomic mass is 9.82. The first-order valence-electron chi connectivity index (χ1n) is 4.63. The smallest absolute Gasteiger partial charge is 0.300 e. The van der Waals surface area contributed by atoms with Gasteiger partial charge in [-0.25, -0.2) is 0 Å². The largest absolute Gasteiger partial charge is 0.481 e. The second-order valence-electron chi connectivity index (χ2n) is 4.35. The third-order valence-corrected chi connectivity index (χ3v) is 1.84. The van der Waals surface area contributed by atoms with E-state index in [-0.39, 0.29) is 17.9 Å². The van der Waals surface area contributed by atoms with Gasteiger partial charge < -0.3 is 15.3 Å². The number of aliphatic carboxylic acids is 1. The number of hydrogen-bond donors (Lipinski definition) is 3. The molecule has 1 unspecified atom stereocenters. The molecule has 0 fully saturated rings. The fourth-order valence-electron chi connectivity index (χ4n) is 0.996.